The van der Waals surface area contributed by atoms with Gasteiger partial charge in [0.2, 0.25) is 0 Å². The molecule has 0 radical (unpaired) electrons. The predicted octanol–water partition coefficient (Wildman–Crippen LogP) is 3.75. The van der Waals surface area contributed by atoms with Gasteiger partial charge in [0, 0.05) is 22.7 Å². The molecule has 0 aliphatic heterocycles. The number of nitrogens with one attached hydrogen (secondary N) is 1. The Bertz CT molecular complexity index is 540. The number of aliphatic carboxylic acids is 1. The summed E-state index contributed by atoms with van der Waals surface area (Å²) in [5, 5.41) is 11.9. The SMILES string of the molecule is CCCC(CC)NC(=O)c1ccc(/C=C/C(=O)O)c(Cl)c1. The number of rotatable bonds is 7. The number of halogens is 1. The molecule has 1 unspecified atom stereocenters. The van der Waals surface area contributed by atoms with Gasteiger partial charge in [-0.25, -0.2) is 4.79 Å². The molecule has 0 aliphatic carbocycles. The molecule has 114 valence electrons. The van der Waals surface area contributed by atoms with Crippen LogP contribution in [0.5, 0.6) is 0 Å². The highest BCUT2D eigenvalue weighted by Gasteiger charge is 2.12. The molecule has 21 heavy (non-hydrogen) atoms. The van der Waals surface area contributed by atoms with Gasteiger partial charge in [0.15, 0.2) is 0 Å². The molecule has 5 heteroatoms. The van der Waals surface area contributed by atoms with Crippen molar-refractivity contribution in [1.82, 2.24) is 5.32 Å². The van der Waals surface area contributed by atoms with Gasteiger partial charge < -0.3 is 10.4 Å². The Labute approximate surface area is 129 Å². The van der Waals surface area contributed by atoms with Gasteiger partial charge in [-0.05, 0) is 36.6 Å². The molecule has 1 amide bonds. The number of carboxylic acids is 1. The summed E-state index contributed by atoms with van der Waals surface area (Å²) < 4.78 is 0. The smallest absolute Gasteiger partial charge is 0.328 e. The molecule has 0 aliphatic rings. The second-order valence-corrected chi connectivity index (χ2v) is 5.18. The summed E-state index contributed by atoms with van der Waals surface area (Å²) in [4.78, 5) is 22.6. The van der Waals surface area contributed by atoms with Crippen LogP contribution in [0.1, 0.15) is 49.0 Å². The van der Waals surface area contributed by atoms with Crippen molar-refractivity contribution in [1.29, 1.82) is 0 Å². The number of hydrogen-bond donors (Lipinski definition) is 2. The Morgan fingerprint density at radius 1 is 1.38 bits per heavy atom. The third kappa shape index (κ3) is 5.60. The Morgan fingerprint density at radius 2 is 2.10 bits per heavy atom. The largest absolute Gasteiger partial charge is 0.478 e. The molecule has 2 N–H and O–H groups in total. The van der Waals surface area contributed by atoms with E-state index in [-0.39, 0.29) is 11.9 Å². The van der Waals surface area contributed by atoms with E-state index in [1.165, 1.54) is 6.08 Å². The summed E-state index contributed by atoms with van der Waals surface area (Å²) in [5.74, 6) is -1.20. The van der Waals surface area contributed by atoms with Crippen molar-refractivity contribution in [2.75, 3.05) is 0 Å². The summed E-state index contributed by atoms with van der Waals surface area (Å²) in [5.41, 5.74) is 1.04. The zero-order valence-corrected chi connectivity index (χ0v) is 13.0. The van der Waals surface area contributed by atoms with Crippen LogP contribution in [0.4, 0.5) is 0 Å². The van der Waals surface area contributed by atoms with E-state index in [2.05, 4.69) is 12.2 Å². The van der Waals surface area contributed by atoms with Gasteiger partial charge in [-0.2, -0.15) is 0 Å². The zero-order valence-electron chi connectivity index (χ0n) is 12.2. The van der Waals surface area contributed by atoms with Crippen LogP contribution in [0.25, 0.3) is 6.08 Å². The molecule has 0 bridgehead atoms. The van der Waals surface area contributed by atoms with Crippen molar-refractivity contribution in [3.63, 3.8) is 0 Å². The fraction of sp³-hybridized carbons (Fsp3) is 0.375. The van der Waals surface area contributed by atoms with Gasteiger partial charge in [0.25, 0.3) is 5.91 Å². The van der Waals surface area contributed by atoms with E-state index < -0.39 is 5.97 Å². The number of benzene rings is 1. The van der Waals surface area contributed by atoms with E-state index in [0.717, 1.165) is 25.3 Å². The molecule has 1 aromatic rings. The average molecular weight is 310 g/mol. The highest BCUT2D eigenvalue weighted by atomic mass is 35.5. The zero-order chi connectivity index (χ0) is 15.8. The summed E-state index contributed by atoms with van der Waals surface area (Å²) >= 11 is 6.06. The topological polar surface area (TPSA) is 66.4 Å². The van der Waals surface area contributed by atoms with E-state index in [1.54, 1.807) is 18.2 Å². The van der Waals surface area contributed by atoms with Crippen LogP contribution in [0.3, 0.4) is 0 Å². The summed E-state index contributed by atoms with van der Waals surface area (Å²) in [6.07, 6.45) is 5.24. The molecule has 4 nitrogen and oxygen atoms in total. The van der Waals surface area contributed by atoms with Crippen LogP contribution in [0, 0.1) is 0 Å². The number of amides is 1. The summed E-state index contributed by atoms with van der Waals surface area (Å²) in [6, 6.07) is 4.99. The van der Waals surface area contributed by atoms with Crippen LogP contribution < -0.4 is 5.32 Å². The van der Waals surface area contributed by atoms with Crippen molar-refractivity contribution < 1.29 is 14.7 Å². The normalized spacial score (nSPS) is 12.3. The van der Waals surface area contributed by atoms with Gasteiger partial charge in [0.05, 0.1) is 0 Å². The lowest BCUT2D eigenvalue weighted by molar-refractivity contribution is -0.131. The van der Waals surface area contributed by atoms with Crippen molar-refractivity contribution in [2.45, 2.75) is 39.2 Å². The van der Waals surface area contributed by atoms with E-state index >= 15 is 0 Å². The van der Waals surface area contributed by atoms with Gasteiger partial charge >= 0.3 is 5.97 Å². The van der Waals surface area contributed by atoms with Gasteiger partial charge in [-0.1, -0.05) is 37.9 Å². The average Bonchev–Trinajstić information content (AvgIpc) is 2.45. The molecule has 0 fully saturated rings. The lowest BCUT2D eigenvalue weighted by Gasteiger charge is -2.16. The molecule has 0 saturated carbocycles. The maximum absolute atomic E-state index is 12.1. The molecule has 0 heterocycles. The first kappa shape index (κ1) is 17.2. The van der Waals surface area contributed by atoms with Gasteiger partial charge in [-0.15, -0.1) is 0 Å². The van der Waals surface area contributed by atoms with Crippen LogP contribution in [-0.2, 0) is 4.79 Å². The molecular formula is C16H20ClNO3. The highest BCUT2D eigenvalue weighted by Crippen LogP contribution is 2.19. The first-order valence-electron chi connectivity index (χ1n) is 6.99. The molecule has 1 atom stereocenters. The maximum atomic E-state index is 12.1. The van der Waals surface area contributed by atoms with Crippen LogP contribution >= 0.6 is 11.6 Å². The molecule has 0 spiro atoms. The van der Waals surface area contributed by atoms with Crippen LogP contribution in [0.2, 0.25) is 5.02 Å². The minimum atomic E-state index is -1.04. The molecular weight excluding hydrogens is 290 g/mol. The number of carbonyl (C=O) groups is 2. The van der Waals surface area contributed by atoms with Crippen molar-refractivity contribution in [3.8, 4) is 0 Å². The molecule has 1 rings (SSSR count). The number of carbonyl (C=O) groups excluding carboxylic acids is 1. The second-order valence-electron chi connectivity index (χ2n) is 4.78. The first-order valence-corrected chi connectivity index (χ1v) is 7.37. The highest BCUT2D eigenvalue weighted by molar-refractivity contribution is 6.32. The van der Waals surface area contributed by atoms with E-state index in [0.29, 0.717) is 16.1 Å². The minimum absolute atomic E-state index is 0.160. The lowest BCUT2D eigenvalue weighted by Crippen LogP contribution is -2.34. The van der Waals surface area contributed by atoms with E-state index in [9.17, 15) is 9.59 Å². The number of hydrogen-bond acceptors (Lipinski definition) is 2. The van der Waals surface area contributed by atoms with Gasteiger partial charge in [-0.3, -0.25) is 4.79 Å². The summed E-state index contributed by atoms with van der Waals surface area (Å²) in [7, 11) is 0. The Balaban J connectivity index is 2.83. The van der Waals surface area contributed by atoms with Crippen LogP contribution in [-0.4, -0.2) is 23.0 Å². The molecule has 0 aromatic heterocycles. The maximum Gasteiger partial charge on any atom is 0.328 e. The monoisotopic (exact) mass is 309 g/mol. The molecule has 1 aromatic carbocycles. The number of carboxylic acid groups (broad SMARTS) is 1. The fourth-order valence-corrected chi connectivity index (χ4v) is 2.20. The standard InChI is InChI=1S/C16H20ClNO3/c1-3-5-13(4-2)18-16(21)12-7-6-11(14(17)10-12)8-9-15(19)20/h6-10,13H,3-5H2,1-2H3,(H,18,21)(H,19,20)/b9-8+. The van der Waals surface area contributed by atoms with Crippen molar-refractivity contribution in [3.05, 3.63) is 40.4 Å². The third-order valence-corrected chi connectivity index (χ3v) is 3.46. The third-order valence-electron chi connectivity index (χ3n) is 3.13. The Hall–Kier alpha value is -1.81. The quantitative estimate of drug-likeness (QED) is 0.754. The Kier molecular flexibility index (Phi) is 6.96. The minimum Gasteiger partial charge on any atom is -0.478 e. The predicted molar refractivity (Wildman–Crippen MR) is 84.6 cm³/mol. The molecule has 0 saturated heterocycles. The first-order chi connectivity index (χ1) is 9.97. The van der Waals surface area contributed by atoms with Crippen molar-refractivity contribution in [2.24, 2.45) is 0 Å². The lowest BCUT2D eigenvalue weighted by atomic mass is 10.1. The van der Waals surface area contributed by atoms with Gasteiger partial charge in [0.1, 0.15) is 0 Å². The van der Waals surface area contributed by atoms with Crippen molar-refractivity contribution >= 4 is 29.6 Å². The fourth-order valence-electron chi connectivity index (χ4n) is 1.96. The Morgan fingerprint density at radius 3 is 2.62 bits per heavy atom. The summed E-state index contributed by atoms with van der Waals surface area (Å²) in [6.45, 7) is 4.11. The second kappa shape index (κ2) is 8.47. The van der Waals surface area contributed by atoms with Crippen LogP contribution in [0.15, 0.2) is 24.3 Å². The van der Waals surface area contributed by atoms with E-state index in [4.69, 9.17) is 16.7 Å². The van der Waals surface area contributed by atoms with E-state index in [1.807, 2.05) is 6.92 Å².